The number of urea groups is 1. The van der Waals surface area contributed by atoms with E-state index >= 15 is 0 Å². The van der Waals surface area contributed by atoms with E-state index in [0.29, 0.717) is 19.6 Å². The maximum Gasteiger partial charge on any atom is 0.321 e. The zero-order valence-electron chi connectivity index (χ0n) is 15.8. The molecule has 7 heteroatoms. The Kier molecular flexibility index (Phi) is 9.84. The number of carbonyl (C=O) groups excluding carboxylic acids is 3. The molecule has 0 bridgehead atoms. The summed E-state index contributed by atoms with van der Waals surface area (Å²) >= 11 is 0. The van der Waals surface area contributed by atoms with Gasteiger partial charge in [-0.05, 0) is 46.0 Å². The van der Waals surface area contributed by atoms with Gasteiger partial charge in [0.05, 0.1) is 7.05 Å². The fraction of sp³-hybridized carbons (Fsp3) is 0.722. The summed E-state index contributed by atoms with van der Waals surface area (Å²) in [4.78, 5) is 38.1. The molecule has 1 atom stereocenters. The second-order valence-electron chi connectivity index (χ2n) is 6.54. The Morgan fingerprint density at radius 1 is 1.16 bits per heavy atom. The quantitative estimate of drug-likeness (QED) is 0.514. The molecular formula is C18H33N4O3+. The molecule has 1 aliphatic rings. The van der Waals surface area contributed by atoms with Crippen LogP contribution in [0.3, 0.4) is 0 Å². The summed E-state index contributed by atoms with van der Waals surface area (Å²) in [6.45, 7) is 6.04. The first-order valence-corrected chi connectivity index (χ1v) is 9.30. The van der Waals surface area contributed by atoms with Crippen LogP contribution in [-0.4, -0.2) is 62.5 Å². The first-order chi connectivity index (χ1) is 12.0. The third-order valence-electron chi connectivity index (χ3n) is 4.40. The van der Waals surface area contributed by atoms with Crippen molar-refractivity contribution in [2.75, 3.05) is 39.8 Å². The van der Waals surface area contributed by atoms with Gasteiger partial charge in [0.25, 0.3) is 11.8 Å². The molecule has 1 unspecified atom stereocenters. The average molecular weight is 353 g/mol. The molecule has 4 amide bonds. The Morgan fingerprint density at radius 3 is 2.48 bits per heavy atom. The molecule has 0 aliphatic heterocycles. The van der Waals surface area contributed by atoms with Crippen LogP contribution in [0.25, 0.3) is 0 Å². The van der Waals surface area contributed by atoms with Gasteiger partial charge in [0, 0.05) is 19.6 Å². The zero-order valence-corrected chi connectivity index (χ0v) is 15.8. The number of hydrogen-bond acceptors (Lipinski definition) is 3. The number of carbonyl (C=O) groups is 3. The lowest BCUT2D eigenvalue weighted by Gasteiger charge is -2.20. The highest BCUT2D eigenvalue weighted by atomic mass is 16.2. The number of rotatable bonds is 9. The fourth-order valence-corrected chi connectivity index (χ4v) is 2.97. The number of allylic oxidation sites excluding steroid dienone is 1. The molecule has 0 fully saturated rings. The molecule has 0 aromatic carbocycles. The van der Waals surface area contributed by atoms with E-state index in [4.69, 9.17) is 0 Å². The van der Waals surface area contributed by atoms with Crippen molar-refractivity contribution in [3.8, 4) is 0 Å². The van der Waals surface area contributed by atoms with E-state index in [-0.39, 0.29) is 24.9 Å². The lowest BCUT2D eigenvalue weighted by molar-refractivity contribution is -0.862. The Bertz CT molecular complexity index is 487. The predicted molar refractivity (Wildman–Crippen MR) is 97.3 cm³/mol. The molecule has 7 nitrogen and oxygen atoms in total. The minimum Gasteiger partial charge on any atom is -0.338 e. The monoisotopic (exact) mass is 353 g/mol. The Hall–Kier alpha value is -1.89. The van der Waals surface area contributed by atoms with E-state index in [1.54, 1.807) is 11.9 Å². The third kappa shape index (κ3) is 8.67. The van der Waals surface area contributed by atoms with Gasteiger partial charge in [0.1, 0.15) is 0 Å². The van der Waals surface area contributed by atoms with Crippen molar-refractivity contribution in [3.05, 3.63) is 11.6 Å². The summed E-state index contributed by atoms with van der Waals surface area (Å²) in [5.41, 5.74) is 1.39. The molecule has 0 radical (unpaired) electrons. The highest BCUT2D eigenvalue weighted by molar-refractivity contribution is 5.94. The van der Waals surface area contributed by atoms with E-state index in [1.165, 1.54) is 18.4 Å². The van der Waals surface area contributed by atoms with E-state index < -0.39 is 6.03 Å². The third-order valence-corrected chi connectivity index (χ3v) is 4.40. The Morgan fingerprint density at radius 2 is 1.88 bits per heavy atom. The van der Waals surface area contributed by atoms with E-state index in [2.05, 4.69) is 16.7 Å². The van der Waals surface area contributed by atoms with Gasteiger partial charge in [-0.15, -0.1) is 0 Å². The zero-order chi connectivity index (χ0) is 18.7. The number of nitrogens with zero attached hydrogens (tertiary/aromatic N) is 1. The molecular weight excluding hydrogens is 320 g/mol. The number of nitrogens with one attached hydrogen (secondary N) is 3. The Balaban J connectivity index is 2.22. The van der Waals surface area contributed by atoms with Crippen LogP contribution in [0, 0.1) is 0 Å². The van der Waals surface area contributed by atoms with Crippen LogP contribution >= 0.6 is 0 Å². The summed E-state index contributed by atoms with van der Waals surface area (Å²) in [5, 5.41) is 5.04. The second-order valence-corrected chi connectivity index (χ2v) is 6.54. The molecule has 3 N–H and O–H groups in total. The number of hydrogen-bond donors (Lipinski definition) is 3. The lowest BCUT2D eigenvalue weighted by Crippen LogP contribution is -3.11. The van der Waals surface area contributed by atoms with Gasteiger partial charge in [-0.25, -0.2) is 4.79 Å². The molecule has 0 heterocycles. The van der Waals surface area contributed by atoms with Gasteiger partial charge in [0.15, 0.2) is 13.1 Å². The molecule has 1 rings (SSSR count). The molecule has 0 saturated carbocycles. The van der Waals surface area contributed by atoms with Gasteiger partial charge >= 0.3 is 6.03 Å². The molecule has 142 valence electrons. The maximum atomic E-state index is 12.0. The van der Waals surface area contributed by atoms with Crippen LogP contribution in [0.1, 0.15) is 46.0 Å². The van der Waals surface area contributed by atoms with Crippen molar-refractivity contribution in [3.63, 3.8) is 0 Å². The Labute approximate surface area is 150 Å². The van der Waals surface area contributed by atoms with Crippen LogP contribution in [0.4, 0.5) is 4.79 Å². The normalized spacial score (nSPS) is 15.1. The topological polar surface area (TPSA) is 83.0 Å². The molecule has 0 spiro atoms. The van der Waals surface area contributed by atoms with Gasteiger partial charge in [0.2, 0.25) is 0 Å². The number of likely N-dealkylation sites (N-methyl/N-ethyl adjacent to an activating group) is 2. The van der Waals surface area contributed by atoms with Crippen LogP contribution in [0.5, 0.6) is 0 Å². The summed E-state index contributed by atoms with van der Waals surface area (Å²) in [7, 11) is 1.77. The second kappa shape index (κ2) is 11.6. The van der Waals surface area contributed by atoms with Crippen LogP contribution in [0.2, 0.25) is 0 Å². The van der Waals surface area contributed by atoms with Crippen molar-refractivity contribution in [1.82, 2.24) is 15.5 Å². The number of quaternary nitrogens is 1. The first-order valence-electron chi connectivity index (χ1n) is 9.30. The largest absolute Gasteiger partial charge is 0.338 e. The SMILES string of the molecule is CCN(CC)C(=O)C[NH+](C)CC(=O)NC(=O)NCCC1=CCCCC1. The predicted octanol–water partition coefficient (Wildman–Crippen LogP) is 0.0858. The molecule has 0 saturated heterocycles. The van der Waals surface area contributed by atoms with E-state index in [1.807, 2.05) is 13.8 Å². The summed E-state index contributed by atoms with van der Waals surface area (Å²) in [5.74, 6) is -0.361. The van der Waals surface area contributed by atoms with Crippen LogP contribution < -0.4 is 15.5 Å². The summed E-state index contributed by atoms with van der Waals surface area (Å²) in [6.07, 6.45) is 7.79. The number of amides is 4. The van der Waals surface area contributed by atoms with Crippen molar-refractivity contribution in [2.24, 2.45) is 0 Å². The van der Waals surface area contributed by atoms with Crippen molar-refractivity contribution >= 4 is 17.8 Å². The molecule has 25 heavy (non-hydrogen) atoms. The van der Waals surface area contributed by atoms with Gasteiger partial charge in [-0.3, -0.25) is 14.9 Å². The smallest absolute Gasteiger partial charge is 0.321 e. The minimum atomic E-state index is -0.468. The lowest BCUT2D eigenvalue weighted by atomic mass is 9.97. The van der Waals surface area contributed by atoms with Crippen molar-refractivity contribution in [2.45, 2.75) is 46.0 Å². The van der Waals surface area contributed by atoms with Crippen LogP contribution in [-0.2, 0) is 9.59 Å². The van der Waals surface area contributed by atoms with Gasteiger partial charge < -0.3 is 15.1 Å². The standard InChI is InChI=1S/C18H32N4O3/c1-4-22(5-2)17(24)14-21(3)13-16(23)20-18(25)19-12-11-15-9-7-6-8-10-15/h9H,4-8,10-14H2,1-3H3,(H2,19,20,23,25)/p+1. The van der Waals surface area contributed by atoms with Crippen molar-refractivity contribution < 1.29 is 19.3 Å². The maximum absolute atomic E-state index is 12.0. The molecule has 0 aromatic heterocycles. The van der Waals surface area contributed by atoms with E-state index in [0.717, 1.165) is 24.2 Å². The minimum absolute atomic E-state index is 0.0144. The molecule has 1 aliphatic carbocycles. The fourth-order valence-electron chi connectivity index (χ4n) is 2.97. The van der Waals surface area contributed by atoms with Gasteiger partial charge in [-0.2, -0.15) is 0 Å². The highest BCUT2D eigenvalue weighted by Crippen LogP contribution is 2.19. The highest BCUT2D eigenvalue weighted by Gasteiger charge is 2.18. The summed E-state index contributed by atoms with van der Waals surface area (Å²) < 4.78 is 0. The molecule has 0 aromatic rings. The van der Waals surface area contributed by atoms with E-state index in [9.17, 15) is 14.4 Å². The van der Waals surface area contributed by atoms with Crippen molar-refractivity contribution in [1.29, 1.82) is 0 Å². The van der Waals surface area contributed by atoms with Crippen LogP contribution in [0.15, 0.2) is 11.6 Å². The summed E-state index contributed by atoms with van der Waals surface area (Å²) in [6, 6.07) is -0.468. The number of imide groups is 1. The van der Waals surface area contributed by atoms with Gasteiger partial charge in [-0.1, -0.05) is 11.6 Å². The average Bonchev–Trinajstić information content (AvgIpc) is 2.56. The first kappa shape index (κ1) is 21.2.